The lowest BCUT2D eigenvalue weighted by molar-refractivity contribution is 0.390. The number of rotatable bonds is 7. The Kier molecular flexibility index (Phi) is 7.08. The summed E-state index contributed by atoms with van der Waals surface area (Å²) < 4.78 is 10.7. The highest BCUT2D eigenvalue weighted by Gasteiger charge is 2.08. The second-order valence-corrected chi connectivity index (χ2v) is 5.84. The molecule has 7 nitrogen and oxygen atoms in total. The van der Waals surface area contributed by atoms with Crippen LogP contribution in [0.25, 0.3) is 0 Å². The zero-order valence-electron chi connectivity index (χ0n) is 16.0. The summed E-state index contributed by atoms with van der Waals surface area (Å²) in [4.78, 5) is 10.7. The standard InChI is InChI=1S/C19H27N5O2/c1-20-19(23-13-15-7-6-10-21-18(15)24(2)3)22-12-14-8-9-16(25-4)11-17(14)26-5/h6-11H,12-13H2,1-5H3,(H2,20,22,23). The third kappa shape index (κ3) is 5.02. The zero-order chi connectivity index (χ0) is 18.9. The molecule has 0 saturated carbocycles. The lowest BCUT2D eigenvalue weighted by Gasteiger charge is -2.18. The first-order valence-electron chi connectivity index (χ1n) is 8.35. The zero-order valence-corrected chi connectivity index (χ0v) is 16.0. The molecular weight excluding hydrogens is 330 g/mol. The summed E-state index contributed by atoms with van der Waals surface area (Å²) in [5.74, 6) is 3.18. The van der Waals surface area contributed by atoms with Crippen molar-refractivity contribution in [1.82, 2.24) is 15.6 Å². The van der Waals surface area contributed by atoms with Crippen LogP contribution in [0.4, 0.5) is 5.82 Å². The van der Waals surface area contributed by atoms with E-state index in [0.29, 0.717) is 19.0 Å². The van der Waals surface area contributed by atoms with E-state index in [0.717, 1.165) is 28.4 Å². The number of nitrogens with one attached hydrogen (secondary N) is 2. The first kappa shape index (κ1) is 19.4. The molecule has 0 atom stereocenters. The van der Waals surface area contributed by atoms with Crippen LogP contribution in [0.3, 0.4) is 0 Å². The quantitative estimate of drug-likeness (QED) is 0.584. The maximum absolute atomic E-state index is 5.43. The molecule has 0 fully saturated rings. The van der Waals surface area contributed by atoms with Gasteiger partial charge in [0.25, 0.3) is 0 Å². The Balaban J connectivity index is 1.99. The van der Waals surface area contributed by atoms with E-state index in [2.05, 4.69) is 26.7 Å². The van der Waals surface area contributed by atoms with Crippen molar-refractivity contribution in [3.63, 3.8) is 0 Å². The Morgan fingerprint density at radius 2 is 1.81 bits per heavy atom. The summed E-state index contributed by atoms with van der Waals surface area (Å²) in [5, 5.41) is 6.62. The summed E-state index contributed by atoms with van der Waals surface area (Å²) in [6.45, 7) is 1.21. The van der Waals surface area contributed by atoms with Gasteiger partial charge in [-0.3, -0.25) is 4.99 Å². The molecule has 140 valence electrons. The fraction of sp³-hybridized carbons (Fsp3) is 0.368. The number of guanidine groups is 1. The van der Waals surface area contributed by atoms with E-state index in [4.69, 9.17) is 9.47 Å². The molecule has 26 heavy (non-hydrogen) atoms. The third-order valence-electron chi connectivity index (χ3n) is 3.90. The number of anilines is 1. The van der Waals surface area contributed by atoms with Crippen LogP contribution in [0, 0.1) is 0 Å². The van der Waals surface area contributed by atoms with Gasteiger partial charge >= 0.3 is 0 Å². The third-order valence-corrected chi connectivity index (χ3v) is 3.90. The van der Waals surface area contributed by atoms with Gasteiger partial charge in [-0.2, -0.15) is 0 Å². The normalized spacial score (nSPS) is 11.0. The molecule has 0 amide bonds. The average Bonchev–Trinajstić information content (AvgIpc) is 2.68. The molecule has 2 rings (SSSR count). The highest BCUT2D eigenvalue weighted by Crippen LogP contribution is 2.24. The van der Waals surface area contributed by atoms with Gasteiger partial charge in [0, 0.05) is 57.6 Å². The van der Waals surface area contributed by atoms with E-state index >= 15 is 0 Å². The first-order chi connectivity index (χ1) is 12.6. The van der Waals surface area contributed by atoms with Gasteiger partial charge in [0.05, 0.1) is 14.2 Å². The van der Waals surface area contributed by atoms with Crippen LogP contribution < -0.4 is 25.0 Å². The van der Waals surface area contributed by atoms with Crippen molar-refractivity contribution in [3.8, 4) is 11.5 Å². The van der Waals surface area contributed by atoms with Gasteiger partial charge in [0.15, 0.2) is 5.96 Å². The van der Waals surface area contributed by atoms with Gasteiger partial charge in [-0.15, -0.1) is 0 Å². The Bertz CT molecular complexity index is 746. The second-order valence-electron chi connectivity index (χ2n) is 5.84. The van der Waals surface area contributed by atoms with Crippen LogP contribution >= 0.6 is 0 Å². The molecule has 0 aliphatic carbocycles. The Morgan fingerprint density at radius 1 is 1.08 bits per heavy atom. The maximum atomic E-state index is 5.43. The maximum Gasteiger partial charge on any atom is 0.191 e. The van der Waals surface area contributed by atoms with Crippen molar-refractivity contribution in [2.24, 2.45) is 4.99 Å². The fourth-order valence-corrected chi connectivity index (χ4v) is 2.55. The van der Waals surface area contributed by atoms with E-state index in [1.165, 1.54) is 0 Å². The molecule has 1 aromatic heterocycles. The van der Waals surface area contributed by atoms with Crippen LogP contribution in [-0.4, -0.2) is 46.3 Å². The predicted molar refractivity (Wildman–Crippen MR) is 105 cm³/mol. The smallest absolute Gasteiger partial charge is 0.191 e. The van der Waals surface area contributed by atoms with Crippen molar-refractivity contribution in [2.45, 2.75) is 13.1 Å². The largest absolute Gasteiger partial charge is 0.497 e. The molecule has 2 aromatic rings. The summed E-state index contributed by atoms with van der Waals surface area (Å²) >= 11 is 0. The number of pyridine rings is 1. The minimum atomic E-state index is 0.584. The fourth-order valence-electron chi connectivity index (χ4n) is 2.55. The van der Waals surface area contributed by atoms with Crippen LogP contribution in [0.2, 0.25) is 0 Å². The average molecular weight is 357 g/mol. The Morgan fingerprint density at radius 3 is 2.42 bits per heavy atom. The monoisotopic (exact) mass is 357 g/mol. The van der Waals surface area contributed by atoms with Crippen molar-refractivity contribution in [1.29, 1.82) is 0 Å². The van der Waals surface area contributed by atoms with Crippen molar-refractivity contribution in [3.05, 3.63) is 47.7 Å². The van der Waals surface area contributed by atoms with Crippen LogP contribution in [0.5, 0.6) is 11.5 Å². The predicted octanol–water partition coefficient (Wildman–Crippen LogP) is 2.03. The summed E-state index contributed by atoms with van der Waals surface area (Å²) in [6.07, 6.45) is 1.79. The van der Waals surface area contributed by atoms with Gasteiger partial charge < -0.3 is 25.0 Å². The van der Waals surface area contributed by atoms with E-state index < -0.39 is 0 Å². The number of benzene rings is 1. The molecule has 1 heterocycles. The van der Waals surface area contributed by atoms with E-state index in [1.807, 2.05) is 43.3 Å². The molecule has 7 heteroatoms. The summed E-state index contributed by atoms with van der Waals surface area (Å²) in [7, 11) is 9.00. The number of hydrogen-bond donors (Lipinski definition) is 2. The molecule has 1 aromatic carbocycles. The van der Waals surface area contributed by atoms with Crippen LogP contribution in [0.1, 0.15) is 11.1 Å². The lowest BCUT2D eigenvalue weighted by atomic mass is 10.2. The Labute approximate surface area is 155 Å². The first-order valence-corrected chi connectivity index (χ1v) is 8.35. The molecule has 0 radical (unpaired) electrons. The number of nitrogens with zero attached hydrogens (tertiary/aromatic N) is 3. The lowest BCUT2D eigenvalue weighted by Crippen LogP contribution is -2.36. The number of methoxy groups -OCH3 is 2. The minimum Gasteiger partial charge on any atom is -0.497 e. The number of hydrogen-bond acceptors (Lipinski definition) is 5. The van der Waals surface area contributed by atoms with Gasteiger partial charge in [-0.1, -0.05) is 6.07 Å². The SMILES string of the molecule is CN=C(NCc1ccc(OC)cc1OC)NCc1cccnc1N(C)C. The highest BCUT2D eigenvalue weighted by atomic mass is 16.5. The summed E-state index contributed by atoms with van der Waals surface area (Å²) in [5.41, 5.74) is 2.12. The molecule has 0 saturated heterocycles. The van der Waals surface area contributed by atoms with Crippen LogP contribution in [0.15, 0.2) is 41.5 Å². The minimum absolute atomic E-state index is 0.584. The molecule has 0 bridgehead atoms. The second kappa shape index (κ2) is 9.50. The molecule has 0 aliphatic heterocycles. The van der Waals surface area contributed by atoms with Gasteiger partial charge in [0.2, 0.25) is 0 Å². The van der Waals surface area contributed by atoms with Gasteiger partial charge in [0.1, 0.15) is 17.3 Å². The molecule has 0 spiro atoms. The van der Waals surface area contributed by atoms with E-state index in [1.54, 1.807) is 27.5 Å². The van der Waals surface area contributed by atoms with Crippen LogP contribution in [-0.2, 0) is 13.1 Å². The highest BCUT2D eigenvalue weighted by molar-refractivity contribution is 5.79. The Hall–Kier alpha value is -2.96. The summed E-state index contributed by atoms with van der Waals surface area (Å²) in [6, 6.07) is 9.74. The molecule has 0 aliphatic rings. The van der Waals surface area contributed by atoms with Crippen molar-refractivity contribution in [2.75, 3.05) is 40.3 Å². The topological polar surface area (TPSA) is 71.0 Å². The van der Waals surface area contributed by atoms with Crippen molar-refractivity contribution >= 4 is 11.8 Å². The van der Waals surface area contributed by atoms with Crippen molar-refractivity contribution < 1.29 is 9.47 Å². The number of ether oxygens (including phenoxy) is 2. The number of aromatic nitrogens is 1. The molecular formula is C19H27N5O2. The molecule has 2 N–H and O–H groups in total. The molecule has 0 unspecified atom stereocenters. The van der Waals surface area contributed by atoms with E-state index in [9.17, 15) is 0 Å². The number of aliphatic imine (C=N–C) groups is 1. The van der Waals surface area contributed by atoms with Gasteiger partial charge in [-0.25, -0.2) is 4.98 Å². The van der Waals surface area contributed by atoms with Gasteiger partial charge in [-0.05, 0) is 18.2 Å². The van der Waals surface area contributed by atoms with E-state index in [-0.39, 0.29) is 0 Å².